The smallest absolute Gasteiger partial charge is 0.196 e. The van der Waals surface area contributed by atoms with Crippen LogP contribution in [-0.2, 0) is 5.75 Å². The number of benzene rings is 2. The summed E-state index contributed by atoms with van der Waals surface area (Å²) in [4.78, 5) is 4.22. The lowest BCUT2D eigenvalue weighted by Crippen LogP contribution is -1.99. The maximum absolute atomic E-state index is 5.31. The third-order valence-corrected chi connectivity index (χ3v) is 5.77. The second-order valence-electron chi connectivity index (χ2n) is 5.98. The Morgan fingerprint density at radius 2 is 1.89 bits per heavy atom. The molecular weight excluding hydrogens is 436 g/mol. The first-order valence-corrected chi connectivity index (χ1v) is 10.4. The Bertz CT molecular complexity index is 1070. The van der Waals surface area contributed by atoms with E-state index in [0.29, 0.717) is 0 Å². The summed E-state index contributed by atoms with van der Waals surface area (Å²) in [6, 6.07) is 20.1. The van der Waals surface area contributed by atoms with Crippen LogP contribution in [0.3, 0.4) is 0 Å². The number of hydrogen-bond acceptors (Lipinski definition) is 5. The van der Waals surface area contributed by atoms with Gasteiger partial charge in [0.05, 0.1) is 11.6 Å². The van der Waals surface area contributed by atoms with E-state index in [1.807, 2.05) is 36.4 Å². The number of pyridine rings is 1. The zero-order chi connectivity index (χ0) is 19.3. The Morgan fingerprint density at radius 1 is 1.04 bits per heavy atom. The lowest BCUT2D eigenvalue weighted by atomic mass is 10.2. The van der Waals surface area contributed by atoms with Crippen LogP contribution in [0.1, 0.15) is 5.56 Å². The van der Waals surface area contributed by atoms with Crippen LogP contribution in [0, 0.1) is 0 Å². The van der Waals surface area contributed by atoms with Crippen LogP contribution in [0.2, 0.25) is 0 Å². The SMILES string of the molecule is COc1ccc(CSc2nnc(-c3cccnc3)n2-c2ccccc2)cc1Br. The van der Waals surface area contributed by atoms with E-state index in [1.54, 1.807) is 31.3 Å². The lowest BCUT2D eigenvalue weighted by Gasteiger charge is -2.10. The van der Waals surface area contributed by atoms with Gasteiger partial charge in [-0.25, -0.2) is 0 Å². The number of thioether (sulfide) groups is 1. The largest absolute Gasteiger partial charge is 0.496 e. The summed E-state index contributed by atoms with van der Waals surface area (Å²) < 4.78 is 8.31. The Hall–Kier alpha value is -2.64. The van der Waals surface area contributed by atoms with Gasteiger partial charge < -0.3 is 4.74 Å². The number of para-hydroxylation sites is 1. The maximum Gasteiger partial charge on any atom is 0.196 e. The summed E-state index contributed by atoms with van der Waals surface area (Å²) in [5.74, 6) is 2.36. The van der Waals surface area contributed by atoms with Gasteiger partial charge in [-0.1, -0.05) is 36.0 Å². The van der Waals surface area contributed by atoms with Crippen molar-refractivity contribution in [3.05, 3.63) is 83.1 Å². The number of nitrogens with zero attached hydrogens (tertiary/aromatic N) is 4. The highest BCUT2D eigenvalue weighted by atomic mass is 79.9. The van der Waals surface area contributed by atoms with E-state index in [-0.39, 0.29) is 0 Å². The molecule has 0 atom stereocenters. The molecule has 0 N–H and O–H groups in total. The second-order valence-corrected chi connectivity index (χ2v) is 7.77. The predicted molar refractivity (Wildman–Crippen MR) is 115 cm³/mol. The van der Waals surface area contributed by atoms with E-state index >= 15 is 0 Å². The van der Waals surface area contributed by atoms with E-state index in [9.17, 15) is 0 Å². The van der Waals surface area contributed by atoms with Gasteiger partial charge in [-0.3, -0.25) is 9.55 Å². The van der Waals surface area contributed by atoms with Crippen LogP contribution in [0.15, 0.2) is 82.7 Å². The summed E-state index contributed by atoms with van der Waals surface area (Å²) in [5, 5.41) is 9.73. The highest BCUT2D eigenvalue weighted by Crippen LogP contribution is 2.31. The highest BCUT2D eigenvalue weighted by Gasteiger charge is 2.16. The first-order valence-electron chi connectivity index (χ1n) is 8.62. The molecule has 0 saturated carbocycles. The molecule has 4 rings (SSSR count). The summed E-state index contributed by atoms with van der Waals surface area (Å²) in [6.45, 7) is 0. The van der Waals surface area contributed by atoms with Crippen molar-refractivity contribution in [1.29, 1.82) is 0 Å². The zero-order valence-corrected chi connectivity index (χ0v) is 17.5. The van der Waals surface area contributed by atoms with Crippen LogP contribution >= 0.6 is 27.7 Å². The minimum absolute atomic E-state index is 0.764. The average Bonchev–Trinajstić information content (AvgIpc) is 3.17. The topological polar surface area (TPSA) is 52.8 Å². The Kier molecular flexibility index (Phi) is 5.73. The molecule has 0 amide bonds. The van der Waals surface area contributed by atoms with Gasteiger partial charge in [-0.15, -0.1) is 10.2 Å². The minimum Gasteiger partial charge on any atom is -0.496 e. The number of rotatable bonds is 6. The second kappa shape index (κ2) is 8.58. The van der Waals surface area contributed by atoms with Crippen LogP contribution in [0.25, 0.3) is 17.1 Å². The Balaban J connectivity index is 1.67. The third kappa shape index (κ3) is 3.95. The van der Waals surface area contributed by atoms with E-state index in [2.05, 4.69) is 59.9 Å². The summed E-state index contributed by atoms with van der Waals surface area (Å²) >= 11 is 5.18. The molecule has 0 bridgehead atoms. The van der Waals surface area contributed by atoms with E-state index < -0.39 is 0 Å². The van der Waals surface area contributed by atoms with Gasteiger partial charge >= 0.3 is 0 Å². The molecule has 0 aliphatic carbocycles. The molecule has 5 nitrogen and oxygen atoms in total. The Labute approximate surface area is 175 Å². The number of ether oxygens (including phenoxy) is 1. The van der Waals surface area contributed by atoms with Gasteiger partial charge in [-0.2, -0.15) is 0 Å². The molecule has 0 saturated heterocycles. The first-order chi connectivity index (χ1) is 13.8. The van der Waals surface area contributed by atoms with Gasteiger partial charge in [0.2, 0.25) is 0 Å². The van der Waals surface area contributed by atoms with Crippen LogP contribution in [0.5, 0.6) is 5.75 Å². The quantitative estimate of drug-likeness (QED) is 0.367. The standard InChI is InChI=1S/C21H17BrN4OS/c1-27-19-10-9-15(12-18(19)22)14-28-21-25-24-20(16-6-5-11-23-13-16)26(21)17-7-3-2-4-8-17/h2-13H,14H2,1H3. The molecule has 140 valence electrons. The fraction of sp³-hybridized carbons (Fsp3) is 0.0952. The monoisotopic (exact) mass is 452 g/mol. The normalized spacial score (nSPS) is 10.8. The summed E-state index contributed by atoms with van der Waals surface area (Å²) in [6.07, 6.45) is 3.56. The number of halogens is 1. The van der Waals surface area contributed by atoms with Crippen molar-refractivity contribution in [2.45, 2.75) is 10.9 Å². The van der Waals surface area contributed by atoms with Gasteiger partial charge in [0.1, 0.15) is 5.75 Å². The van der Waals surface area contributed by atoms with Crippen LogP contribution < -0.4 is 4.74 Å². The summed E-state index contributed by atoms with van der Waals surface area (Å²) in [5.41, 5.74) is 3.12. The molecule has 7 heteroatoms. The molecule has 4 aromatic rings. The van der Waals surface area contributed by atoms with Crippen LogP contribution in [-0.4, -0.2) is 26.9 Å². The molecule has 0 fully saturated rings. The number of methoxy groups -OCH3 is 1. The Morgan fingerprint density at radius 3 is 2.61 bits per heavy atom. The van der Waals surface area contributed by atoms with Crippen molar-refractivity contribution in [3.8, 4) is 22.8 Å². The number of hydrogen-bond donors (Lipinski definition) is 0. The number of aromatic nitrogens is 4. The van der Waals surface area contributed by atoms with Crippen molar-refractivity contribution in [2.75, 3.05) is 7.11 Å². The lowest BCUT2D eigenvalue weighted by molar-refractivity contribution is 0.412. The van der Waals surface area contributed by atoms with Gasteiger partial charge in [0.25, 0.3) is 0 Å². The van der Waals surface area contributed by atoms with E-state index in [4.69, 9.17) is 4.74 Å². The zero-order valence-electron chi connectivity index (χ0n) is 15.1. The minimum atomic E-state index is 0.764. The van der Waals surface area contributed by atoms with Crippen molar-refractivity contribution < 1.29 is 4.74 Å². The average molecular weight is 453 g/mol. The fourth-order valence-electron chi connectivity index (χ4n) is 2.80. The molecule has 0 unspecified atom stereocenters. The van der Waals surface area contributed by atoms with Gasteiger partial charge in [0.15, 0.2) is 11.0 Å². The fourth-order valence-corrected chi connectivity index (χ4v) is 4.29. The van der Waals surface area contributed by atoms with Gasteiger partial charge in [-0.05, 0) is 57.9 Å². The molecule has 0 aliphatic heterocycles. The van der Waals surface area contributed by atoms with Crippen molar-refractivity contribution in [1.82, 2.24) is 19.7 Å². The van der Waals surface area contributed by atoms with Gasteiger partial charge in [0, 0.05) is 29.4 Å². The van der Waals surface area contributed by atoms with Crippen molar-refractivity contribution in [3.63, 3.8) is 0 Å². The molecule has 0 aliphatic rings. The molecular formula is C21H17BrN4OS. The molecule has 2 aromatic heterocycles. The highest BCUT2D eigenvalue weighted by molar-refractivity contribution is 9.10. The molecule has 2 aromatic carbocycles. The molecule has 2 heterocycles. The predicted octanol–water partition coefficient (Wildman–Crippen LogP) is 5.39. The third-order valence-electron chi connectivity index (χ3n) is 4.15. The first kappa shape index (κ1) is 18.7. The van der Waals surface area contributed by atoms with E-state index in [0.717, 1.165) is 38.2 Å². The van der Waals surface area contributed by atoms with Crippen LogP contribution in [0.4, 0.5) is 0 Å². The van der Waals surface area contributed by atoms with Crippen molar-refractivity contribution in [2.24, 2.45) is 0 Å². The maximum atomic E-state index is 5.31. The molecule has 28 heavy (non-hydrogen) atoms. The molecule has 0 radical (unpaired) electrons. The van der Waals surface area contributed by atoms with Crippen molar-refractivity contribution >= 4 is 27.7 Å². The van der Waals surface area contributed by atoms with E-state index in [1.165, 1.54) is 5.56 Å². The molecule has 0 spiro atoms. The summed E-state index contributed by atoms with van der Waals surface area (Å²) in [7, 11) is 1.66.